The monoisotopic (exact) mass is 303 g/mol. The van der Waals surface area contributed by atoms with Gasteiger partial charge in [-0.3, -0.25) is 4.79 Å². The van der Waals surface area contributed by atoms with Crippen LogP contribution in [0.2, 0.25) is 0 Å². The summed E-state index contributed by atoms with van der Waals surface area (Å²) in [5.41, 5.74) is 1.80. The molecule has 0 amide bonds. The molecule has 0 bridgehead atoms. The third-order valence-electron chi connectivity index (χ3n) is 3.43. The van der Waals surface area contributed by atoms with E-state index in [4.69, 9.17) is 11.6 Å². The summed E-state index contributed by atoms with van der Waals surface area (Å²) < 4.78 is 0. The van der Waals surface area contributed by atoms with Crippen LogP contribution in [-0.2, 0) is 0 Å². The molecule has 0 radical (unpaired) electrons. The topological polar surface area (TPSA) is 20.3 Å². The molecule has 0 saturated carbocycles. The normalized spacial score (nSPS) is 18.7. The highest BCUT2D eigenvalue weighted by Crippen LogP contribution is 2.44. The van der Waals surface area contributed by atoms with Crippen molar-refractivity contribution >= 4 is 34.8 Å². The number of carbonyl (C=O) groups is 1. The fourth-order valence-electron chi connectivity index (χ4n) is 2.34. The third-order valence-corrected chi connectivity index (χ3v) is 5.45. The summed E-state index contributed by atoms with van der Waals surface area (Å²) in [5.74, 6) is -0.0237. The van der Waals surface area contributed by atoms with Gasteiger partial charge in [0.2, 0.25) is 0 Å². The second-order valence-electron chi connectivity index (χ2n) is 4.72. The summed E-state index contributed by atoms with van der Waals surface area (Å²) >= 11 is 8.09. The number of hydrogen-bond donors (Lipinski definition) is 0. The Bertz CT molecular complexity index is 631. The van der Waals surface area contributed by atoms with E-state index < -0.39 is 5.38 Å². The molecule has 1 aliphatic heterocycles. The lowest BCUT2D eigenvalue weighted by atomic mass is 10.1. The zero-order valence-corrected chi connectivity index (χ0v) is 12.6. The number of fused-ring (bicyclic) bond motifs is 1. The molecule has 102 valence electrons. The Kier molecular flexibility index (Phi) is 3.72. The summed E-state index contributed by atoms with van der Waals surface area (Å²) in [6.45, 7) is 0. The first-order valence-corrected chi connectivity index (χ1v) is 7.72. The molecule has 20 heavy (non-hydrogen) atoms. The quantitative estimate of drug-likeness (QED) is 0.630. The Morgan fingerprint density at radius 3 is 2.50 bits per heavy atom. The van der Waals surface area contributed by atoms with Gasteiger partial charge >= 0.3 is 0 Å². The highest BCUT2D eigenvalue weighted by Gasteiger charge is 2.36. The first-order chi connectivity index (χ1) is 9.68. The van der Waals surface area contributed by atoms with E-state index in [0.29, 0.717) is 5.56 Å². The van der Waals surface area contributed by atoms with Gasteiger partial charge in [0.25, 0.3) is 0 Å². The van der Waals surface area contributed by atoms with Gasteiger partial charge in [0.1, 0.15) is 10.8 Å². The lowest BCUT2D eigenvalue weighted by Gasteiger charge is -2.24. The SMILES string of the molecule is CN1c2ccccc2SC1C(Cl)C(=O)c1ccccc1. The minimum atomic E-state index is -0.570. The van der Waals surface area contributed by atoms with Crippen molar-refractivity contribution < 1.29 is 4.79 Å². The number of alkyl halides is 1. The van der Waals surface area contributed by atoms with Crippen LogP contribution in [0.3, 0.4) is 0 Å². The molecule has 0 aliphatic carbocycles. The molecule has 4 heteroatoms. The third kappa shape index (κ3) is 2.32. The molecule has 1 heterocycles. The minimum absolute atomic E-state index is 0.0237. The van der Waals surface area contributed by atoms with E-state index in [2.05, 4.69) is 17.0 Å². The zero-order valence-electron chi connectivity index (χ0n) is 11.0. The molecule has 2 aromatic carbocycles. The molecule has 2 nitrogen and oxygen atoms in total. The molecule has 0 saturated heterocycles. The maximum atomic E-state index is 12.5. The van der Waals surface area contributed by atoms with Gasteiger partial charge in [-0.05, 0) is 12.1 Å². The van der Waals surface area contributed by atoms with Crippen molar-refractivity contribution in [1.29, 1.82) is 0 Å². The van der Waals surface area contributed by atoms with Crippen LogP contribution in [0.15, 0.2) is 59.5 Å². The molecule has 3 rings (SSSR count). The minimum Gasteiger partial charge on any atom is -0.359 e. The van der Waals surface area contributed by atoms with Gasteiger partial charge in [-0.15, -0.1) is 11.6 Å². The van der Waals surface area contributed by atoms with Crippen LogP contribution < -0.4 is 4.90 Å². The van der Waals surface area contributed by atoms with Crippen LogP contribution in [0.25, 0.3) is 0 Å². The van der Waals surface area contributed by atoms with Crippen molar-refractivity contribution in [2.75, 3.05) is 11.9 Å². The summed E-state index contributed by atoms with van der Waals surface area (Å²) in [6, 6.07) is 17.4. The van der Waals surface area contributed by atoms with Crippen molar-refractivity contribution in [2.24, 2.45) is 0 Å². The lowest BCUT2D eigenvalue weighted by molar-refractivity contribution is 0.0986. The smallest absolute Gasteiger partial charge is 0.183 e. The Morgan fingerprint density at radius 1 is 1.15 bits per heavy atom. The predicted octanol–water partition coefficient (Wildman–Crippen LogP) is 4.04. The summed E-state index contributed by atoms with van der Waals surface area (Å²) in [7, 11) is 1.98. The number of carbonyl (C=O) groups excluding carboxylic acids is 1. The molecule has 1 aliphatic rings. The summed E-state index contributed by atoms with van der Waals surface area (Å²) in [4.78, 5) is 15.7. The second-order valence-corrected chi connectivity index (χ2v) is 6.35. The van der Waals surface area contributed by atoms with Crippen molar-refractivity contribution in [3.63, 3.8) is 0 Å². The number of hydrogen-bond acceptors (Lipinski definition) is 3. The standard InChI is InChI=1S/C16H14ClNOS/c1-18-12-9-5-6-10-13(12)20-16(18)14(17)15(19)11-7-3-2-4-8-11/h2-10,14,16H,1H3. The van der Waals surface area contributed by atoms with E-state index in [1.54, 1.807) is 11.8 Å². The van der Waals surface area contributed by atoms with E-state index in [0.717, 1.165) is 5.69 Å². The molecule has 2 unspecified atom stereocenters. The van der Waals surface area contributed by atoms with Crippen LogP contribution in [0.4, 0.5) is 5.69 Å². The van der Waals surface area contributed by atoms with Crippen molar-refractivity contribution in [3.05, 3.63) is 60.2 Å². The van der Waals surface area contributed by atoms with Gasteiger partial charge in [-0.1, -0.05) is 54.2 Å². The van der Waals surface area contributed by atoms with E-state index in [-0.39, 0.29) is 11.2 Å². The maximum absolute atomic E-state index is 12.5. The largest absolute Gasteiger partial charge is 0.359 e. The first kappa shape index (κ1) is 13.5. The van der Waals surface area contributed by atoms with Crippen molar-refractivity contribution in [1.82, 2.24) is 0 Å². The molecule has 0 N–H and O–H groups in total. The van der Waals surface area contributed by atoms with Crippen LogP contribution in [0, 0.1) is 0 Å². The summed E-state index contributed by atoms with van der Waals surface area (Å²) in [5, 5.41) is -0.637. The number of Topliss-reactive ketones (excluding diaryl/α,β-unsaturated/α-hetero) is 1. The molecular weight excluding hydrogens is 290 g/mol. The van der Waals surface area contributed by atoms with Crippen molar-refractivity contribution in [2.45, 2.75) is 15.6 Å². The number of para-hydroxylation sites is 1. The highest BCUT2D eigenvalue weighted by molar-refractivity contribution is 8.00. The molecule has 0 fully saturated rings. The number of rotatable bonds is 3. The Hall–Kier alpha value is -1.45. The Balaban J connectivity index is 1.83. The van der Waals surface area contributed by atoms with E-state index >= 15 is 0 Å². The average molecular weight is 304 g/mol. The average Bonchev–Trinajstić information content (AvgIpc) is 2.84. The van der Waals surface area contributed by atoms with Crippen LogP contribution >= 0.6 is 23.4 Å². The Labute approximate surface area is 127 Å². The van der Waals surface area contributed by atoms with Gasteiger partial charge in [0.15, 0.2) is 5.78 Å². The van der Waals surface area contributed by atoms with Crippen LogP contribution in [-0.4, -0.2) is 23.6 Å². The van der Waals surface area contributed by atoms with Crippen LogP contribution in [0.5, 0.6) is 0 Å². The van der Waals surface area contributed by atoms with Gasteiger partial charge in [0.05, 0.1) is 5.69 Å². The van der Waals surface area contributed by atoms with Gasteiger partial charge in [-0.2, -0.15) is 0 Å². The number of nitrogens with zero attached hydrogens (tertiary/aromatic N) is 1. The van der Waals surface area contributed by atoms with E-state index in [1.165, 1.54) is 4.90 Å². The molecule has 2 atom stereocenters. The number of anilines is 1. The highest BCUT2D eigenvalue weighted by atomic mass is 35.5. The molecule has 2 aromatic rings. The predicted molar refractivity (Wildman–Crippen MR) is 84.9 cm³/mol. The van der Waals surface area contributed by atoms with Crippen molar-refractivity contribution in [3.8, 4) is 0 Å². The Morgan fingerprint density at radius 2 is 1.80 bits per heavy atom. The molecule has 0 spiro atoms. The number of halogens is 1. The first-order valence-electron chi connectivity index (χ1n) is 6.40. The fraction of sp³-hybridized carbons (Fsp3) is 0.188. The number of benzene rings is 2. The molecular formula is C16H14ClNOS. The van der Waals surface area contributed by atoms with E-state index in [9.17, 15) is 4.79 Å². The summed E-state index contributed by atoms with van der Waals surface area (Å²) in [6.07, 6.45) is 0. The van der Waals surface area contributed by atoms with E-state index in [1.807, 2.05) is 49.5 Å². The molecule has 0 aromatic heterocycles. The number of ketones is 1. The fourth-order valence-corrected chi connectivity index (χ4v) is 4.06. The van der Waals surface area contributed by atoms with Gasteiger partial charge < -0.3 is 4.90 Å². The lowest BCUT2D eigenvalue weighted by Crippen LogP contribution is -2.37. The second kappa shape index (κ2) is 5.51. The maximum Gasteiger partial charge on any atom is 0.183 e. The number of thioether (sulfide) groups is 1. The zero-order chi connectivity index (χ0) is 14.1. The van der Waals surface area contributed by atoms with Gasteiger partial charge in [-0.25, -0.2) is 0 Å². The van der Waals surface area contributed by atoms with Gasteiger partial charge in [0, 0.05) is 17.5 Å². The van der Waals surface area contributed by atoms with Crippen LogP contribution in [0.1, 0.15) is 10.4 Å².